The molecule has 3 radical (unpaired) electrons. The van der Waals surface area contributed by atoms with Gasteiger partial charge in [-0.05, 0) is 0 Å². The quantitative estimate of drug-likeness (QED) is 0.302. The summed E-state index contributed by atoms with van der Waals surface area (Å²) < 4.78 is 0. The van der Waals surface area contributed by atoms with E-state index in [1.54, 1.807) is 0 Å². The van der Waals surface area contributed by atoms with Crippen LogP contribution in [0.1, 0.15) is 6.42 Å². The molecule has 0 aromatic heterocycles. The lowest BCUT2D eigenvalue weighted by molar-refractivity contribution is 1.08. The van der Waals surface area contributed by atoms with Crippen molar-refractivity contribution in [2.45, 2.75) is 19.1 Å². The molecule has 0 aliphatic rings. The predicted molar refractivity (Wildman–Crippen MR) is 34.7 cm³/mol. The van der Waals surface area contributed by atoms with Crippen LogP contribution in [0, 0.1) is 0 Å². The molecule has 3 heteroatoms. The minimum Gasteiger partial charge on any atom is -0.235 e. The summed E-state index contributed by atoms with van der Waals surface area (Å²) in [6.07, 6.45) is 2.86. The van der Waals surface area contributed by atoms with Gasteiger partial charge in [-0.15, -0.1) is 0 Å². The maximum absolute atomic E-state index is 5.16. The highest BCUT2D eigenvalue weighted by Crippen LogP contribution is 1.91. The van der Waals surface area contributed by atoms with Gasteiger partial charge in [0.2, 0.25) is 0 Å². The van der Waals surface area contributed by atoms with Crippen molar-refractivity contribution < 1.29 is 0 Å². The van der Waals surface area contributed by atoms with Gasteiger partial charge in [-0.25, -0.2) is 12.5 Å². The van der Waals surface area contributed by atoms with Crippen LogP contribution in [-0.4, -0.2) is 14.4 Å². The molecular formula is C3H7B2S. The molecule has 0 aromatic carbocycles. The lowest BCUT2D eigenvalue weighted by Gasteiger charge is -1.84. The highest BCUT2D eigenvalue weighted by Gasteiger charge is 1.78. The van der Waals surface area contributed by atoms with Crippen LogP contribution in [0.25, 0.3) is 0 Å². The second-order valence-corrected chi connectivity index (χ2v) is 1.48. The van der Waals surface area contributed by atoms with Crippen LogP contribution in [0.15, 0.2) is 0 Å². The molecule has 0 aromatic rings. The lowest BCUT2D eigenvalue weighted by atomic mass is 9.91. The van der Waals surface area contributed by atoms with Crippen LogP contribution in [0.2, 0.25) is 12.6 Å². The minimum absolute atomic E-state index is 0.775. The van der Waals surface area contributed by atoms with Crippen molar-refractivity contribution in [1.29, 1.82) is 0 Å². The van der Waals surface area contributed by atoms with Crippen molar-refractivity contribution in [3.8, 4) is 0 Å². The van der Waals surface area contributed by atoms with Crippen LogP contribution < -0.4 is 0 Å². The third-order valence-electron chi connectivity index (χ3n) is 0.537. The van der Waals surface area contributed by atoms with Gasteiger partial charge < -0.3 is 0 Å². The van der Waals surface area contributed by atoms with E-state index < -0.39 is 0 Å². The van der Waals surface area contributed by atoms with Gasteiger partial charge in [0.15, 0.2) is 6.56 Å². The van der Waals surface area contributed by atoms with Gasteiger partial charge in [0.05, 0.1) is 7.85 Å². The second kappa shape index (κ2) is 5.48. The Labute approximate surface area is 46.7 Å². The third kappa shape index (κ3) is 4.48. The third-order valence-corrected chi connectivity index (χ3v) is 0.796. The molecule has 0 bridgehead atoms. The summed E-state index contributed by atoms with van der Waals surface area (Å²) in [6.45, 7) is 1.83. The largest absolute Gasteiger partial charge is 0.235 e. The maximum atomic E-state index is 5.16. The minimum atomic E-state index is 0.775. The molecule has 6 heavy (non-hydrogen) atoms. The van der Waals surface area contributed by atoms with E-state index in [2.05, 4.69) is 12.5 Å². The van der Waals surface area contributed by atoms with Gasteiger partial charge in [0, 0.05) is 0 Å². The van der Waals surface area contributed by atoms with Crippen LogP contribution in [0.3, 0.4) is 0 Å². The summed E-state index contributed by atoms with van der Waals surface area (Å²) in [5, 5.41) is 0. The first-order valence-electron chi connectivity index (χ1n) is 2.07. The van der Waals surface area contributed by atoms with E-state index in [1.807, 2.05) is 6.56 Å². The highest BCUT2D eigenvalue weighted by molar-refractivity contribution is 8.06. The summed E-state index contributed by atoms with van der Waals surface area (Å²) in [5.74, 6) is 0. The first-order chi connectivity index (χ1) is 2.91. The van der Waals surface area contributed by atoms with Crippen molar-refractivity contribution in [3.05, 3.63) is 0 Å². The van der Waals surface area contributed by atoms with Crippen molar-refractivity contribution in [2.75, 3.05) is 0 Å². The number of thiol groups is 1. The first kappa shape index (κ1) is 6.48. The Balaban J connectivity index is 2.34. The first-order valence-corrected chi connectivity index (χ1v) is 2.59. The average Bonchev–Trinajstić information content (AvgIpc) is 1.61. The molecule has 0 amide bonds. The Hall–Kier alpha value is 0.480. The standard InChI is InChI=1S/C3H7B2S/c4-2-1-3-5-6/h6H,1-3H2. The number of rotatable bonds is 3. The zero-order chi connectivity index (χ0) is 4.83. The van der Waals surface area contributed by atoms with Crippen molar-refractivity contribution in [3.63, 3.8) is 0 Å². The van der Waals surface area contributed by atoms with Crippen LogP contribution in [0.5, 0.6) is 0 Å². The van der Waals surface area contributed by atoms with Gasteiger partial charge in [-0.2, -0.15) is 0 Å². The molecular weight excluding hydrogens is 89.7 g/mol. The molecule has 0 aliphatic heterocycles. The van der Waals surface area contributed by atoms with E-state index in [0.29, 0.717) is 0 Å². The predicted octanol–water partition coefficient (Wildman–Crippen LogP) is 0.931. The number of hydrogen-bond donors (Lipinski definition) is 1. The normalized spacial score (nSPS) is 8.17. The Morgan fingerprint density at radius 3 is 2.50 bits per heavy atom. The molecule has 31 valence electrons. The van der Waals surface area contributed by atoms with Gasteiger partial charge in [-0.3, -0.25) is 0 Å². The Morgan fingerprint density at radius 1 is 1.67 bits per heavy atom. The van der Waals surface area contributed by atoms with Gasteiger partial charge >= 0.3 is 0 Å². The Kier molecular flexibility index (Phi) is 5.92. The fraction of sp³-hybridized carbons (Fsp3) is 1.00. The van der Waals surface area contributed by atoms with Gasteiger partial charge in [0.1, 0.15) is 0 Å². The molecule has 0 N–H and O–H groups in total. The maximum Gasteiger partial charge on any atom is 0.187 e. The highest BCUT2D eigenvalue weighted by atomic mass is 32.1. The van der Waals surface area contributed by atoms with Crippen LogP contribution in [-0.2, 0) is 0 Å². The van der Waals surface area contributed by atoms with Crippen molar-refractivity contribution in [1.82, 2.24) is 0 Å². The summed E-state index contributed by atoms with van der Waals surface area (Å²) in [5.41, 5.74) is 0. The van der Waals surface area contributed by atoms with Gasteiger partial charge in [-0.1, -0.05) is 19.1 Å². The molecule has 0 saturated carbocycles. The fourth-order valence-corrected chi connectivity index (χ4v) is 0.392. The Morgan fingerprint density at radius 2 is 2.33 bits per heavy atom. The molecule has 0 rings (SSSR count). The molecule has 0 spiro atoms. The topological polar surface area (TPSA) is 0 Å². The zero-order valence-electron chi connectivity index (χ0n) is 3.72. The van der Waals surface area contributed by atoms with Crippen LogP contribution in [0.4, 0.5) is 0 Å². The summed E-state index contributed by atoms with van der Waals surface area (Å²) in [6, 6.07) is 0. The smallest absolute Gasteiger partial charge is 0.187 e. The average molecular weight is 96.8 g/mol. The van der Waals surface area contributed by atoms with E-state index in [4.69, 9.17) is 7.85 Å². The van der Waals surface area contributed by atoms with Crippen molar-refractivity contribution >= 4 is 26.9 Å². The summed E-state index contributed by atoms with van der Waals surface area (Å²) in [4.78, 5) is 0. The summed E-state index contributed by atoms with van der Waals surface area (Å²) >= 11 is 3.87. The lowest BCUT2D eigenvalue weighted by Crippen LogP contribution is -1.75. The van der Waals surface area contributed by atoms with E-state index >= 15 is 0 Å². The van der Waals surface area contributed by atoms with E-state index in [9.17, 15) is 0 Å². The number of hydrogen-bond acceptors (Lipinski definition) is 1. The Bertz CT molecular complexity index is 20.8. The fourth-order valence-electron chi connectivity index (χ4n) is 0.209. The molecule has 0 unspecified atom stereocenters. The van der Waals surface area contributed by atoms with Crippen LogP contribution >= 0.6 is 12.5 Å². The monoisotopic (exact) mass is 97.0 g/mol. The molecule has 0 nitrogen and oxygen atoms in total. The summed E-state index contributed by atoms with van der Waals surface area (Å²) in [7, 11) is 5.16. The zero-order valence-corrected chi connectivity index (χ0v) is 4.62. The SMILES string of the molecule is [B]CCC[B]S. The molecule has 0 aliphatic carbocycles. The second-order valence-electron chi connectivity index (χ2n) is 1.11. The molecule has 0 atom stereocenters. The van der Waals surface area contributed by atoms with Crippen molar-refractivity contribution in [2.24, 2.45) is 0 Å². The van der Waals surface area contributed by atoms with E-state index in [-0.39, 0.29) is 0 Å². The molecule has 0 fully saturated rings. The van der Waals surface area contributed by atoms with Gasteiger partial charge in [0.25, 0.3) is 0 Å². The van der Waals surface area contributed by atoms with E-state index in [0.717, 1.165) is 19.1 Å². The molecule has 0 saturated heterocycles. The molecule has 0 heterocycles. The van der Waals surface area contributed by atoms with E-state index in [1.165, 1.54) is 0 Å².